The summed E-state index contributed by atoms with van der Waals surface area (Å²) < 4.78 is 17.3. The highest BCUT2D eigenvalue weighted by molar-refractivity contribution is 6.55. The van der Waals surface area contributed by atoms with Crippen LogP contribution in [0, 0.1) is 0 Å². The highest BCUT2D eigenvalue weighted by Crippen LogP contribution is 2.38. The van der Waals surface area contributed by atoms with Crippen LogP contribution in [0.1, 0.15) is 43.6 Å². The van der Waals surface area contributed by atoms with Crippen molar-refractivity contribution < 1.29 is 23.9 Å². The molecule has 25 heavy (non-hydrogen) atoms. The monoisotopic (exact) mass is 347 g/mol. The Hall–Kier alpha value is -1.83. The number of ether oxygens (including phenoxy) is 1. The molecule has 0 aromatic heterocycles. The van der Waals surface area contributed by atoms with Crippen molar-refractivity contribution in [2.45, 2.75) is 38.9 Å². The van der Waals surface area contributed by atoms with Crippen molar-refractivity contribution in [2.24, 2.45) is 0 Å². The van der Waals surface area contributed by atoms with E-state index < -0.39 is 24.3 Å². The van der Waals surface area contributed by atoms with E-state index in [1.807, 2.05) is 46.9 Å². The fraction of sp³-hybridized carbons (Fsp3) is 0.500. The molecule has 0 radical (unpaired) electrons. The van der Waals surface area contributed by atoms with Crippen molar-refractivity contribution in [3.63, 3.8) is 0 Å². The first-order chi connectivity index (χ1) is 11.6. The Bertz CT molecular complexity index is 668. The van der Waals surface area contributed by atoms with E-state index in [1.54, 1.807) is 12.1 Å². The Morgan fingerprint density at radius 1 is 1.28 bits per heavy atom. The predicted octanol–water partition coefficient (Wildman–Crippen LogP) is 2.63. The molecule has 1 aromatic carbocycles. The average molecular weight is 347 g/mol. The highest BCUT2D eigenvalue weighted by Gasteiger charge is 2.52. The average Bonchev–Trinajstić information content (AvgIpc) is 2.74. The number of carbonyl (C=O) groups is 1. The molecule has 1 aliphatic rings. The van der Waals surface area contributed by atoms with Gasteiger partial charge in [0.2, 0.25) is 0 Å². The van der Waals surface area contributed by atoms with Gasteiger partial charge in [0.05, 0.1) is 18.3 Å². The third-order valence-electron chi connectivity index (χ3n) is 4.74. The minimum absolute atomic E-state index is 0.119. The minimum atomic E-state index is -1.03. The maximum atomic E-state index is 11.4. The number of methoxy groups -OCH3 is 1. The number of hydrogen-bond donors (Lipinski definition) is 2. The smallest absolute Gasteiger partial charge is 0.491 e. The second-order valence-corrected chi connectivity index (χ2v) is 7.10. The van der Waals surface area contributed by atoms with E-state index in [4.69, 9.17) is 14.0 Å². The summed E-state index contributed by atoms with van der Waals surface area (Å²) >= 11 is 0. The van der Waals surface area contributed by atoms with Crippen molar-refractivity contribution >= 4 is 19.2 Å². The molecule has 2 rings (SSSR count). The van der Waals surface area contributed by atoms with Gasteiger partial charge in [-0.25, -0.2) is 4.79 Å². The van der Waals surface area contributed by atoms with Crippen LogP contribution in [0.15, 0.2) is 23.7 Å². The molecule has 6 nitrogen and oxygen atoms in total. The molecule has 0 amide bonds. The number of hydrogen-bond acceptors (Lipinski definition) is 5. The lowest BCUT2D eigenvalue weighted by molar-refractivity contribution is 0.00578. The van der Waals surface area contributed by atoms with E-state index in [9.17, 15) is 9.90 Å². The van der Waals surface area contributed by atoms with Crippen molar-refractivity contribution in [3.8, 4) is 5.75 Å². The zero-order valence-electron chi connectivity index (χ0n) is 15.7. The van der Waals surface area contributed by atoms with Crippen LogP contribution >= 0.6 is 0 Å². The zero-order valence-corrected chi connectivity index (χ0v) is 15.7. The molecule has 1 aromatic rings. The van der Waals surface area contributed by atoms with Crippen molar-refractivity contribution in [3.05, 3.63) is 34.8 Å². The summed E-state index contributed by atoms with van der Waals surface area (Å²) in [5.41, 5.74) is 0.891. The second kappa shape index (κ2) is 7.19. The first kappa shape index (κ1) is 19.5. The Morgan fingerprint density at radius 3 is 2.36 bits per heavy atom. The molecule has 0 spiro atoms. The molecule has 136 valence electrons. The highest BCUT2D eigenvalue weighted by atomic mass is 16.7. The van der Waals surface area contributed by atoms with Gasteiger partial charge >= 0.3 is 13.1 Å². The van der Waals surface area contributed by atoms with Gasteiger partial charge in [-0.3, -0.25) is 0 Å². The number of carboxylic acids is 1. The lowest BCUT2D eigenvalue weighted by atomic mass is 9.77. The minimum Gasteiger partial charge on any atom is -0.496 e. The van der Waals surface area contributed by atoms with Crippen molar-refractivity contribution in [1.82, 2.24) is 5.32 Å². The Morgan fingerprint density at radius 2 is 1.88 bits per heavy atom. The molecule has 0 bridgehead atoms. The molecular formula is C18H26BNO5. The quantitative estimate of drug-likeness (QED) is 0.771. The molecule has 1 heterocycles. The number of aromatic carboxylic acids is 1. The molecule has 1 aliphatic heterocycles. The van der Waals surface area contributed by atoms with Gasteiger partial charge in [0.25, 0.3) is 0 Å². The molecule has 7 heteroatoms. The SMILES string of the molecule is CNCC(=Cc1ccc(OC)c(C(=O)O)c1)B1OC(C)(C)C(C)(C)O1. The van der Waals surface area contributed by atoms with Gasteiger partial charge in [-0.15, -0.1) is 0 Å². The van der Waals surface area contributed by atoms with Crippen LogP contribution in [0.3, 0.4) is 0 Å². The lowest BCUT2D eigenvalue weighted by Gasteiger charge is -2.32. The summed E-state index contributed by atoms with van der Waals surface area (Å²) in [6.45, 7) is 8.56. The third-order valence-corrected chi connectivity index (χ3v) is 4.74. The second-order valence-electron chi connectivity index (χ2n) is 7.10. The fourth-order valence-corrected chi connectivity index (χ4v) is 2.60. The Kier molecular flexibility index (Phi) is 5.61. The first-order valence-corrected chi connectivity index (χ1v) is 8.23. The number of rotatable bonds is 6. The summed E-state index contributed by atoms with van der Waals surface area (Å²) in [6.07, 6.45) is 1.89. The van der Waals surface area contributed by atoms with Gasteiger partial charge in [0.15, 0.2) is 0 Å². The summed E-state index contributed by atoms with van der Waals surface area (Å²) in [5.74, 6) is -0.701. The van der Waals surface area contributed by atoms with Crippen molar-refractivity contribution in [2.75, 3.05) is 20.7 Å². The summed E-state index contributed by atoms with van der Waals surface area (Å²) in [4.78, 5) is 11.4. The third kappa shape index (κ3) is 4.06. The van der Waals surface area contributed by atoms with E-state index in [0.717, 1.165) is 11.0 Å². The van der Waals surface area contributed by atoms with Gasteiger partial charge in [-0.2, -0.15) is 0 Å². The molecule has 0 aliphatic carbocycles. The Balaban J connectivity index is 2.38. The number of carboxylic acid groups (broad SMARTS) is 1. The van der Waals surface area contributed by atoms with Crippen LogP contribution in [0.4, 0.5) is 0 Å². The summed E-state index contributed by atoms with van der Waals surface area (Å²) in [6, 6.07) is 5.05. The largest absolute Gasteiger partial charge is 0.496 e. The van der Waals surface area contributed by atoms with Gasteiger partial charge in [-0.1, -0.05) is 12.1 Å². The summed E-state index contributed by atoms with van der Waals surface area (Å²) in [7, 11) is 2.80. The number of benzene rings is 1. The first-order valence-electron chi connectivity index (χ1n) is 8.23. The van der Waals surface area contributed by atoms with Crippen LogP contribution < -0.4 is 10.1 Å². The number of likely N-dealkylation sites (N-methyl/N-ethyl adjacent to an activating group) is 1. The van der Waals surface area contributed by atoms with Crippen LogP contribution in [0.25, 0.3) is 6.08 Å². The van der Waals surface area contributed by atoms with Crippen LogP contribution in [-0.4, -0.2) is 50.1 Å². The topological polar surface area (TPSA) is 77.0 Å². The van der Waals surface area contributed by atoms with E-state index in [0.29, 0.717) is 12.3 Å². The maximum absolute atomic E-state index is 11.4. The molecular weight excluding hydrogens is 321 g/mol. The van der Waals surface area contributed by atoms with Crippen LogP contribution in [0.5, 0.6) is 5.75 Å². The molecule has 2 N–H and O–H groups in total. The fourth-order valence-electron chi connectivity index (χ4n) is 2.60. The van der Waals surface area contributed by atoms with Crippen LogP contribution in [-0.2, 0) is 9.31 Å². The van der Waals surface area contributed by atoms with Gasteiger partial charge in [0.1, 0.15) is 11.3 Å². The molecule has 0 atom stereocenters. The van der Waals surface area contributed by atoms with Gasteiger partial charge < -0.3 is 24.5 Å². The molecule has 1 saturated heterocycles. The summed E-state index contributed by atoms with van der Waals surface area (Å²) in [5, 5.41) is 12.5. The molecule has 1 fully saturated rings. The van der Waals surface area contributed by atoms with E-state index in [2.05, 4.69) is 5.32 Å². The van der Waals surface area contributed by atoms with E-state index in [-0.39, 0.29) is 5.56 Å². The van der Waals surface area contributed by atoms with E-state index in [1.165, 1.54) is 7.11 Å². The lowest BCUT2D eigenvalue weighted by Crippen LogP contribution is -2.41. The molecule has 0 unspecified atom stereocenters. The van der Waals surface area contributed by atoms with Gasteiger partial charge in [-0.05, 0) is 57.9 Å². The standard InChI is InChI=1S/C18H26BNO5/c1-17(2)18(3,4)25-19(24-17)13(11-20-5)9-12-7-8-15(23-6)14(10-12)16(21)22/h7-10,20H,11H2,1-6H3,(H,21,22). The zero-order chi connectivity index (χ0) is 18.8. The maximum Gasteiger partial charge on any atom is 0.491 e. The normalized spacial score (nSPS) is 19.1. The molecule has 0 saturated carbocycles. The Labute approximate surface area is 149 Å². The predicted molar refractivity (Wildman–Crippen MR) is 97.9 cm³/mol. The number of nitrogens with one attached hydrogen (secondary N) is 1. The van der Waals surface area contributed by atoms with Gasteiger partial charge in [0, 0.05) is 6.54 Å². The van der Waals surface area contributed by atoms with Crippen LogP contribution in [0.2, 0.25) is 0 Å². The van der Waals surface area contributed by atoms with Crippen molar-refractivity contribution in [1.29, 1.82) is 0 Å². The van der Waals surface area contributed by atoms with E-state index >= 15 is 0 Å².